The third-order valence-corrected chi connectivity index (χ3v) is 4.24. The Balaban J connectivity index is 1.65. The van der Waals surface area contributed by atoms with Gasteiger partial charge in [0.05, 0.1) is 30.7 Å². The van der Waals surface area contributed by atoms with Gasteiger partial charge in [-0.1, -0.05) is 30.3 Å². The summed E-state index contributed by atoms with van der Waals surface area (Å²) in [6, 6.07) is 14.9. The molecular formula is C19H22N4O2. The van der Waals surface area contributed by atoms with Crippen LogP contribution in [0.2, 0.25) is 0 Å². The van der Waals surface area contributed by atoms with E-state index in [1.54, 1.807) is 7.11 Å². The molecule has 1 atom stereocenters. The second kappa shape index (κ2) is 7.36. The molecule has 1 heterocycles. The Morgan fingerprint density at radius 3 is 2.76 bits per heavy atom. The molecule has 6 nitrogen and oxygen atoms in total. The number of aryl methyl sites for hydroxylation is 1. The van der Waals surface area contributed by atoms with Crippen molar-refractivity contribution in [3.8, 4) is 5.75 Å². The predicted molar refractivity (Wildman–Crippen MR) is 97.2 cm³/mol. The van der Waals surface area contributed by atoms with Crippen LogP contribution < -0.4 is 15.8 Å². The minimum atomic E-state index is -0.586. The first-order valence-corrected chi connectivity index (χ1v) is 8.15. The number of rotatable bonds is 6. The lowest BCUT2D eigenvalue weighted by Gasteiger charge is -2.12. The Hall–Kier alpha value is -2.86. The van der Waals surface area contributed by atoms with Gasteiger partial charge in [0.2, 0.25) is 5.91 Å². The van der Waals surface area contributed by atoms with Crippen molar-refractivity contribution in [3.05, 3.63) is 59.9 Å². The highest BCUT2D eigenvalue weighted by atomic mass is 16.5. The molecule has 1 aromatic heterocycles. The maximum atomic E-state index is 12.3. The van der Waals surface area contributed by atoms with Crippen LogP contribution >= 0.6 is 0 Å². The van der Waals surface area contributed by atoms with Crippen molar-refractivity contribution >= 4 is 16.9 Å². The fourth-order valence-corrected chi connectivity index (χ4v) is 2.77. The molecular weight excluding hydrogens is 316 g/mol. The number of nitrogens with one attached hydrogen (secondary N) is 1. The number of hydrogen-bond acceptors (Lipinski definition) is 4. The van der Waals surface area contributed by atoms with Gasteiger partial charge in [0.15, 0.2) is 0 Å². The van der Waals surface area contributed by atoms with Gasteiger partial charge >= 0.3 is 0 Å². The number of aromatic nitrogens is 2. The van der Waals surface area contributed by atoms with Gasteiger partial charge in [-0.3, -0.25) is 4.79 Å². The minimum absolute atomic E-state index is 0.187. The molecule has 0 aliphatic heterocycles. The van der Waals surface area contributed by atoms with Crippen molar-refractivity contribution < 1.29 is 9.53 Å². The first kappa shape index (κ1) is 17.0. The third-order valence-electron chi connectivity index (χ3n) is 4.24. The van der Waals surface area contributed by atoms with E-state index < -0.39 is 6.04 Å². The molecule has 0 bridgehead atoms. The van der Waals surface area contributed by atoms with Gasteiger partial charge in [-0.15, -0.1) is 0 Å². The predicted octanol–water partition coefficient (Wildman–Crippen LogP) is 1.77. The Kier molecular flexibility index (Phi) is 5.00. The molecule has 0 spiro atoms. The molecule has 3 rings (SSSR count). The Morgan fingerprint density at radius 1 is 1.28 bits per heavy atom. The third kappa shape index (κ3) is 3.80. The molecule has 3 aromatic rings. The zero-order valence-corrected chi connectivity index (χ0v) is 14.4. The average molecular weight is 338 g/mol. The lowest BCUT2D eigenvalue weighted by molar-refractivity contribution is -0.122. The SMILES string of the molecule is COc1ccc2c(c1)nc(CNC(=O)C(N)Cc1ccccc1)n2C. The van der Waals surface area contributed by atoms with Crippen LogP contribution in [0.15, 0.2) is 48.5 Å². The number of hydrogen-bond donors (Lipinski definition) is 2. The summed E-state index contributed by atoms with van der Waals surface area (Å²) in [5.41, 5.74) is 8.87. The van der Waals surface area contributed by atoms with Crippen LogP contribution in [0.1, 0.15) is 11.4 Å². The standard InChI is InChI=1S/C19H22N4O2/c1-23-17-9-8-14(25-2)11-16(17)22-18(23)12-21-19(24)15(20)10-13-6-4-3-5-7-13/h3-9,11,15H,10,12,20H2,1-2H3,(H,21,24). The first-order valence-electron chi connectivity index (χ1n) is 8.15. The number of nitrogens with zero attached hydrogens (tertiary/aromatic N) is 2. The van der Waals surface area contributed by atoms with E-state index in [0.717, 1.165) is 28.2 Å². The summed E-state index contributed by atoms with van der Waals surface area (Å²) < 4.78 is 7.18. The first-order chi connectivity index (χ1) is 12.1. The number of carbonyl (C=O) groups excluding carboxylic acids is 1. The summed E-state index contributed by atoms with van der Waals surface area (Å²) in [6.45, 7) is 0.328. The Morgan fingerprint density at radius 2 is 2.04 bits per heavy atom. The topological polar surface area (TPSA) is 82.2 Å². The Bertz CT molecular complexity index is 874. The van der Waals surface area contributed by atoms with E-state index in [-0.39, 0.29) is 5.91 Å². The molecule has 0 saturated carbocycles. The number of carbonyl (C=O) groups is 1. The highest BCUT2D eigenvalue weighted by Gasteiger charge is 2.15. The fourth-order valence-electron chi connectivity index (χ4n) is 2.77. The van der Waals surface area contributed by atoms with E-state index >= 15 is 0 Å². The van der Waals surface area contributed by atoms with Crippen molar-refractivity contribution in [2.45, 2.75) is 19.0 Å². The van der Waals surface area contributed by atoms with Crippen LogP contribution in [0.5, 0.6) is 5.75 Å². The number of ether oxygens (including phenoxy) is 1. The van der Waals surface area contributed by atoms with Crippen LogP contribution in [-0.2, 0) is 24.8 Å². The molecule has 6 heteroatoms. The molecule has 1 unspecified atom stereocenters. The monoisotopic (exact) mass is 338 g/mol. The molecule has 1 amide bonds. The molecule has 130 valence electrons. The van der Waals surface area contributed by atoms with Crippen molar-refractivity contribution in [2.75, 3.05) is 7.11 Å². The number of benzene rings is 2. The van der Waals surface area contributed by atoms with Gasteiger partial charge in [-0.05, 0) is 24.1 Å². The molecule has 0 saturated heterocycles. The number of nitrogens with two attached hydrogens (primary N) is 1. The van der Waals surface area contributed by atoms with Gasteiger partial charge in [0, 0.05) is 13.1 Å². The zero-order chi connectivity index (χ0) is 17.8. The summed E-state index contributed by atoms with van der Waals surface area (Å²) in [4.78, 5) is 16.8. The minimum Gasteiger partial charge on any atom is -0.497 e. The summed E-state index contributed by atoms with van der Waals surface area (Å²) in [5.74, 6) is 1.34. The summed E-state index contributed by atoms with van der Waals surface area (Å²) in [6.07, 6.45) is 0.506. The largest absolute Gasteiger partial charge is 0.497 e. The second-order valence-electron chi connectivity index (χ2n) is 5.96. The average Bonchev–Trinajstić information content (AvgIpc) is 2.95. The van der Waals surface area contributed by atoms with Crippen LogP contribution in [0.3, 0.4) is 0 Å². The second-order valence-corrected chi connectivity index (χ2v) is 5.96. The molecule has 0 aliphatic carbocycles. The van der Waals surface area contributed by atoms with Crippen LogP contribution in [0.4, 0.5) is 0 Å². The van der Waals surface area contributed by atoms with Crippen molar-refractivity contribution in [2.24, 2.45) is 12.8 Å². The lowest BCUT2D eigenvalue weighted by Crippen LogP contribution is -2.42. The summed E-state index contributed by atoms with van der Waals surface area (Å²) in [7, 11) is 3.55. The molecule has 2 aromatic carbocycles. The van der Waals surface area contributed by atoms with E-state index in [0.29, 0.717) is 13.0 Å². The number of amides is 1. The molecule has 0 fully saturated rings. The molecule has 3 N–H and O–H groups in total. The molecule has 25 heavy (non-hydrogen) atoms. The van der Waals surface area contributed by atoms with E-state index in [9.17, 15) is 4.79 Å². The van der Waals surface area contributed by atoms with Gasteiger partial charge < -0.3 is 20.4 Å². The van der Waals surface area contributed by atoms with E-state index in [1.807, 2.05) is 60.1 Å². The van der Waals surface area contributed by atoms with Crippen molar-refractivity contribution in [3.63, 3.8) is 0 Å². The normalized spacial score (nSPS) is 12.1. The molecule has 0 aliphatic rings. The number of imidazole rings is 1. The van der Waals surface area contributed by atoms with E-state index in [1.165, 1.54) is 0 Å². The number of fused-ring (bicyclic) bond motifs is 1. The van der Waals surface area contributed by atoms with Gasteiger partial charge in [0.25, 0.3) is 0 Å². The van der Waals surface area contributed by atoms with Gasteiger partial charge in [-0.2, -0.15) is 0 Å². The zero-order valence-electron chi connectivity index (χ0n) is 14.4. The van der Waals surface area contributed by atoms with E-state index in [4.69, 9.17) is 10.5 Å². The van der Waals surface area contributed by atoms with Crippen molar-refractivity contribution in [1.82, 2.24) is 14.9 Å². The fraction of sp³-hybridized carbons (Fsp3) is 0.263. The van der Waals surface area contributed by atoms with E-state index in [2.05, 4.69) is 10.3 Å². The van der Waals surface area contributed by atoms with Gasteiger partial charge in [0.1, 0.15) is 11.6 Å². The van der Waals surface area contributed by atoms with Crippen LogP contribution in [-0.4, -0.2) is 28.6 Å². The van der Waals surface area contributed by atoms with Gasteiger partial charge in [-0.25, -0.2) is 4.98 Å². The molecule has 0 radical (unpaired) electrons. The quantitative estimate of drug-likeness (QED) is 0.718. The highest BCUT2D eigenvalue weighted by molar-refractivity contribution is 5.82. The van der Waals surface area contributed by atoms with Crippen LogP contribution in [0, 0.1) is 0 Å². The van der Waals surface area contributed by atoms with Crippen LogP contribution in [0.25, 0.3) is 11.0 Å². The summed E-state index contributed by atoms with van der Waals surface area (Å²) in [5, 5.41) is 2.87. The number of methoxy groups -OCH3 is 1. The summed E-state index contributed by atoms with van der Waals surface area (Å²) >= 11 is 0. The highest BCUT2D eigenvalue weighted by Crippen LogP contribution is 2.20. The lowest BCUT2D eigenvalue weighted by atomic mass is 10.1. The maximum absolute atomic E-state index is 12.3. The Labute approximate surface area is 146 Å². The smallest absolute Gasteiger partial charge is 0.237 e. The maximum Gasteiger partial charge on any atom is 0.237 e. The van der Waals surface area contributed by atoms with Crippen molar-refractivity contribution in [1.29, 1.82) is 0 Å².